The molecule has 0 saturated carbocycles. The summed E-state index contributed by atoms with van der Waals surface area (Å²) in [6.45, 7) is 8.06. The highest BCUT2D eigenvalue weighted by molar-refractivity contribution is 4.95. The van der Waals surface area contributed by atoms with Crippen molar-refractivity contribution >= 4 is 0 Å². The van der Waals surface area contributed by atoms with Gasteiger partial charge in [-0.1, -0.05) is 0 Å². The third kappa shape index (κ3) is 1.67. The molecule has 3 aliphatic rings. The predicted molar refractivity (Wildman–Crippen MR) is 53.6 cm³/mol. The Morgan fingerprint density at radius 1 is 0.812 bits per heavy atom. The van der Waals surface area contributed by atoms with E-state index in [9.17, 15) is 0 Å². The lowest BCUT2D eigenvalue weighted by Crippen LogP contribution is -2.50. The molecule has 0 aromatic heterocycles. The van der Waals surface area contributed by atoms with Crippen molar-refractivity contribution in [2.24, 2.45) is 0 Å². The standard InChI is InChI=1S/C11H18O5/c1-10(2)13-6-5-12-9-8(7(6)14-10)15-11(3,4)16-9/h6-9H,5H2,1-4H3/t6-,7-,8+,9+/m1/s1. The Kier molecular flexibility index (Phi) is 2.17. The lowest BCUT2D eigenvalue weighted by molar-refractivity contribution is -0.205. The molecule has 5 heteroatoms. The van der Waals surface area contributed by atoms with Gasteiger partial charge in [-0.05, 0) is 27.7 Å². The molecule has 0 aliphatic carbocycles. The molecule has 0 aromatic rings. The van der Waals surface area contributed by atoms with Gasteiger partial charge in [-0.15, -0.1) is 0 Å². The summed E-state index contributed by atoms with van der Waals surface area (Å²) in [4.78, 5) is 0. The van der Waals surface area contributed by atoms with Crippen LogP contribution < -0.4 is 0 Å². The number of ether oxygens (including phenoxy) is 5. The van der Waals surface area contributed by atoms with Crippen molar-refractivity contribution in [1.82, 2.24) is 0 Å². The van der Waals surface area contributed by atoms with Crippen molar-refractivity contribution in [2.45, 2.75) is 63.9 Å². The molecule has 0 unspecified atom stereocenters. The van der Waals surface area contributed by atoms with Crippen LogP contribution in [-0.2, 0) is 23.7 Å². The van der Waals surface area contributed by atoms with Crippen LogP contribution in [0.1, 0.15) is 27.7 Å². The van der Waals surface area contributed by atoms with Gasteiger partial charge >= 0.3 is 0 Å². The largest absolute Gasteiger partial charge is 0.347 e. The Bertz CT molecular complexity index is 271. The van der Waals surface area contributed by atoms with Crippen LogP contribution in [0.15, 0.2) is 0 Å². The van der Waals surface area contributed by atoms with E-state index in [-0.39, 0.29) is 24.6 Å². The van der Waals surface area contributed by atoms with E-state index in [0.29, 0.717) is 6.61 Å². The summed E-state index contributed by atoms with van der Waals surface area (Å²) in [7, 11) is 0. The molecule has 0 N–H and O–H groups in total. The summed E-state index contributed by atoms with van der Waals surface area (Å²) in [6, 6.07) is 0. The summed E-state index contributed by atoms with van der Waals surface area (Å²) in [5.41, 5.74) is 0. The SMILES string of the molecule is CC1(C)O[C@@H]2OC[C@H]3OC(C)(C)O[C@H]3[C@@H]2O1. The predicted octanol–water partition coefficient (Wildman–Crippen LogP) is 1.01. The first kappa shape index (κ1) is 10.9. The second kappa shape index (κ2) is 3.17. The molecule has 5 nitrogen and oxygen atoms in total. The van der Waals surface area contributed by atoms with Gasteiger partial charge in [0.25, 0.3) is 0 Å². The molecule has 4 atom stereocenters. The molecule has 3 heterocycles. The summed E-state index contributed by atoms with van der Waals surface area (Å²) >= 11 is 0. The van der Waals surface area contributed by atoms with E-state index in [1.807, 2.05) is 27.7 Å². The topological polar surface area (TPSA) is 46.2 Å². The molecule has 3 aliphatic heterocycles. The third-order valence-corrected chi connectivity index (χ3v) is 3.06. The quantitative estimate of drug-likeness (QED) is 0.621. The third-order valence-electron chi connectivity index (χ3n) is 3.06. The molecule has 3 rings (SSSR count). The van der Waals surface area contributed by atoms with Crippen molar-refractivity contribution in [1.29, 1.82) is 0 Å². The highest BCUT2D eigenvalue weighted by atomic mass is 16.8. The van der Waals surface area contributed by atoms with Crippen molar-refractivity contribution in [3.63, 3.8) is 0 Å². The van der Waals surface area contributed by atoms with Gasteiger partial charge in [0.1, 0.15) is 18.3 Å². The monoisotopic (exact) mass is 230 g/mol. The van der Waals surface area contributed by atoms with Gasteiger partial charge in [0.05, 0.1) is 6.61 Å². The Labute approximate surface area is 94.9 Å². The zero-order chi connectivity index (χ0) is 11.6. The first-order valence-corrected chi connectivity index (χ1v) is 5.69. The number of fused-ring (bicyclic) bond motifs is 3. The normalized spacial score (nSPS) is 48.8. The first-order chi connectivity index (χ1) is 7.36. The average Bonchev–Trinajstić information content (AvgIpc) is 2.58. The fourth-order valence-corrected chi connectivity index (χ4v) is 2.57. The fourth-order valence-electron chi connectivity index (χ4n) is 2.57. The molecular formula is C11H18O5. The average molecular weight is 230 g/mol. The van der Waals surface area contributed by atoms with Crippen molar-refractivity contribution in [3.05, 3.63) is 0 Å². The van der Waals surface area contributed by atoms with Crippen LogP contribution >= 0.6 is 0 Å². The van der Waals surface area contributed by atoms with E-state index >= 15 is 0 Å². The molecule has 0 bridgehead atoms. The van der Waals surface area contributed by atoms with Crippen molar-refractivity contribution < 1.29 is 23.7 Å². The molecule has 0 radical (unpaired) electrons. The van der Waals surface area contributed by atoms with E-state index in [1.54, 1.807) is 0 Å². The van der Waals surface area contributed by atoms with Gasteiger partial charge in [0.2, 0.25) is 0 Å². The van der Waals surface area contributed by atoms with E-state index in [0.717, 1.165) is 0 Å². The minimum Gasteiger partial charge on any atom is -0.347 e. The van der Waals surface area contributed by atoms with Crippen LogP contribution in [0.3, 0.4) is 0 Å². The van der Waals surface area contributed by atoms with E-state index in [4.69, 9.17) is 23.7 Å². The second-order valence-electron chi connectivity index (χ2n) is 5.44. The highest BCUT2D eigenvalue weighted by Gasteiger charge is 2.57. The van der Waals surface area contributed by atoms with Gasteiger partial charge in [0, 0.05) is 0 Å². The van der Waals surface area contributed by atoms with Crippen LogP contribution in [0.25, 0.3) is 0 Å². The summed E-state index contributed by atoms with van der Waals surface area (Å²) < 4.78 is 28.6. The molecule has 92 valence electrons. The molecule has 0 amide bonds. The molecular weight excluding hydrogens is 212 g/mol. The second-order valence-corrected chi connectivity index (χ2v) is 5.44. The minimum atomic E-state index is -0.611. The molecule has 3 saturated heterocycles. The maximum Gasteiger partial charge on any atom is 0.189 e. The van der Waals surface area contributed by atoms with Crippen molar-refractivity contribution in [2.75, 3.05) is 6.61 Å². The highest BCUT2D eigenvalue weighted by Crippen LogP contribution is 2.41. The Balaban J connectivity index is 1.81. The van der Waals surface area contributed by atoms with Crippen LogP contribution in [0.4, 0.5) is 0 Å². The van der Waals surface area contributed by atoms with E-state index < -0.39 is 11.6 Å². The fraction of sp³-hybridized carbons (Fsp3) is 1.00. The lowest BCUT2D eigenvalue weighted by Gasteiger charge is -2.30. The zero-order valence-corrected chi connectivity index (χ0v) is 10.1. The van der Waals surface area contributed by atoms with E-state index in [2.05, 4.69) is 0 Å². The smallest absolute Gasteiger partial charge is 0.189 e. The van der Waals surface area contributed by atoms with Crippen LogP contribution in [0.2, 0.25) is 0 Å². The molecule has 0 spiro atoms. The minimum absolute atomic E-state index is 0.0613. The van der Waals surface area contributed by atoms with Gasteiger partial charge in [-0.2, -0.15) is 0 Å². The summed E-state index contributed by atoms with van der Waals surface area (Å²) in [6.07, 6.45) is -0.700. The van der Waals surface area contributed by atoms with Crippen molar-refractivity contribution in [3.8, 4) is 0 Å². The van der Waals surface area contributed by atoms with Gasteiger partial charge in [-0.25, -0.2) is 0 Å². The van der Waals surface area contributed by atoms with Crippen LogP contribution in [0.5, 0.6) is 0 Å². The lowest BCUT2D eigenvalue weighted by atomic mass is 10.1. The van der Waals surface area contributed by atoms with Gasteiger partial charge < -0.3 is 23.7 Å². The number of hydrogen-bond acceptors (Lipinski definition) is 5. The summed E-state index contributed by atoms with van der Waals surface area (Å²) in [5.74, 6) is -1.18. The van der Waals surface area contributed by atoms with Gasteiger partial charge in [-0.3, -0.25) is 0 Å². The Morgan fingerprint density at radius 3 is 2.19 bits per heavy atom. The number of hydrogen-bond donors (Lipinski definition) is 0. The molecule has 16 heavy (non-hydrogen) atoms. The summed E-state index contributed by atoms with van der Waals surface area (Å²) in [5, 5.41) is 0. The Hall–Kier alpha value is -0.200. The maximum absolute atomic E-state index is 5.85. The maximum atomic E-state index is 5.85. The first-order valence-electron chi connectivity index (χ1n) is 5.69. The van der Waals surface area contributed by atoms with Gasteiger partial charge in [0.15, 0.2) is 17.9 Å². The van der Waals surface area contributed by atoms with E-state index in [1.165, 1.54) is 0 Å². The molecule has 3 fully saturated rings. The molecule has 0 aromatic carbocycles. The number of rotatable bonds is 0. The Morgan fingerprint density at radius 2 is 1.44 bits per heavy atom. The zero-order valence-electron chi connectivity index (χ0n) is 10.1. The van der Waals surface area contributed by atoms with Crippen LogP contribution in [0, 0.1) is 0 Å². The van der Waals surface area contributed by atoms with Crippen LogP contribution in [-0.4, -0.2) is 42.8 Å².